The fourth-order valence-corrected chi connectivity index (χ4v) is 3.52. The van der Waals surface area contributed by atoms with Crippen molar-refractivity contribution in [1.29, 1.82) is 0 Å². The molecule has 0 heterocycles. The molecule has 1 amide bonds. The predicted molar refractivity (Wildman–Crippen MR) is 107 cm³/mol. The molecule has 0 aromatic heterocycles. The Bertz CT molecular complexity index is 863. The maximum Gasteiger partial charge on any atom is 0.319 e. The summed E-state index contributed by atoms with van der Waals surface area (Å²) in [7, 11) is 0. The third-order valence-corrected chi connectivity index (χ3v) is 5.14. The molecule has 0 aliphatic carbocycles. The van der Waals surface area contributed by atoms with Crippen LogP contribution < -0.4 is 5.32 Å². The van der Waals surface area contributed by atoms with Crippen molar-refractivity contribution in [2.24, 2.45) is 0 Å². The lowest BCUT2D eigenvalue weighted by molar-refractivity contribution is -0.384. The number of nitrogens with one attached hydrogen (secondary N) is 1. The van der Waals surface area contributed by atoms with E-state index < -0.39 is 28.7 Å². The Labute approximate surface area is 172 Å². The molecule has 2 aromatic rings. The number of nitro groups is 1. The molecule has 0 bridgehead atoms. The zero-order valence-corrected chi connectivity index (χ0v) is 17.1. The minimum absolute atomic E-state index is 0.0298. The molecule has 2 rings (SSSR count). The third-order valence-electron chi connectivity index (χ3n) is 3.24. The monoisotopic (exact) mass is 472 g/mol. The zero-order valence-electron chi connectivity index (χ0n) is 14.0. The van der Waals surface area contributed by atoms with Gasteiger partial charge in [0.05, 0.1) is 15.6 Å². The van der Waals surface area contributed by atoms with Crippen molar-refractivity contribution in [2.45, 2.75) is 17.1 Å². The van der Waals surface area contributed by atoms with Crippen LogP contribution in [0, 0.1) is 10.1 Å². The molecule has 0 saturated carbocycles. The number of carbonyl (C=O) groups is 2. The second-order valence-corrected chi connectivity index (χ2v) is 8.03. The number of nitro benzene ring substituents is 1. The van der Waals surface area contributed by atoms with Gasteiger partial charge >= 0.3 is 5.97 Å². The maximum atomic E-state index is 12.0. The average Bonchev–Trinajstić information content (AvgIpc) is 2.62. The topological polar surface area (TPSA) is 98.5 Å². The summed E-state index contributed by atoms with van der Waals surface area (Å²) in [4.78, 5) is 34.8. The van der Waals surface area contributed by atoms with Crippen molar-refractivity contribution in [2.75, 3.05) is 11.9 Å². The number of halogens is 2. The molecule has 0 radical (unpaired) electrons. The van der Waals surface area contributed by atoms with E-state index in [4.69, 9.17) is 16.3 Å². The summed E-state index contributed by atoms with van der Waals surface area (Å²) < 4.78 is 5.78. The molecule has 0 spiro atoms. The standard InChI is InChI=1S/C17H14BrClN2O5S/c1-10(27-13-5-3-12(4-6-13)21(24)25)17(23)26-9-16(22)20-15-7-2-11(18)8-14(15)19/h2-8,10H,9H2,1H3,(H,20,22). The van der Waals surface area contributed by atoms with Gasteiger partial charge in [0.15, 0.2) is 6.61 Å². The van der Waals surface area contributed by atoms with Crippen LogP contribution in [0.3, 0.4) is 0 Å². The molecular formula is C17H14BrClN2O5S. The molecule has 142 valence electrons. The molecule has 7 nitrogen and oxygen atoms in total. The molecule has 27 heavy (non-hydrogen) atoms. The minimum Gasteiger partial charge on any atom is -0.455 e. The van der Waals surface area contributed by atoms with Gasteiger partial charge in [-0.2, -0.15) is 0 Å². The SMILES string of the molecule is CC(Sc1ccc([N+](=O)[O-])cc1)C(=O)OCC(=O)Nc1ccc(Br)cc1Cl. The van der Waals surface area contributed by atoms with E-state index in [1.54, 1.807) is 37.3 Å². The first-order valence-corrected chi connectivity index (χ1v) is 9.64. The van der Waals surface area contributed by atoms with Crippen molar-refractivity contribution in [3.05, 3.63) is 62.1 Å². The summed E-state index contributed by atoms with van der Waals surface area (Å²) in [5, 5.41) is 13.0. The summed E-state index contributed by atoms with van der Waals surface area (Å²) in [5.41, 5.74) is 0.382. The number of rotatable bonds is 7. The second-order valence-electron chi connectivity index (χ2n) is 5.29. The van der Waals surface area contributed by atoms with Crippen LogP contribution in [0.25, 0.3) is 0 Å². The normalized spacial score (nSPS) is 11.5. The van der Waals surface area contributed by atoms with Gasteiger partial charge in [0.2, 0.25) is 0 Å². The van der Waals surface area contributed by atoms with E-state index in [0.717, 1.165) is 4.47 Å². The van der Waals surface area contributed by atoms with Gasteiger partial charge in [-0.05, 0) is 37.3 Å². The van der Waals surface area contributed by atoms with Crippen LogP contribution in [0.2, 0.25) is 5.02 Å². The first-order chi connectivity index (χ1) is 12.8. The highest BCUT2D eigenvalue weighted by Gasteiger charge is 2.18. The summed E-state index contributed by atoms with van der Waals surface area (Å²) in [6.45, 7) is 1.17. The number of thioether (sulfide) groups is 1. The lowest BCUT2D eigenvalue weighted by Gasteiger charge is -2.12. The molecule has 1 atom stereocenters. The first-order valence-electron chi connectivity index (χ1n) is 7.59. The van der Waals surface area contributed by atoms with Crippen molar-refractivity contribution >= 4 is 62.5 Å². The van der Waals surface area contributed by atoms with Crippen LogP contribution in [-0.4, -0.2) is 28.7 Å². The van der Waals surface area contributed by atoms with E-state index in [-0.39, 0.29) is 5.69 Å². The van der Waals surface area contributed by atoms with E-state index in [1.807, 2.05) is 0 Å². The number of carbonyl (C=O) groups excluding carboxylic acids is 2. The number of hydrogen-bond acceptors (Lipinski definition) is 6. The number of hydrogen-bond donors (Lipinski definition) is 1. The van der Waals surface area contributed by atoms with Gasteiger partial charge < -0.3 is 10.1 Å². The third kappa shape index (κ3) is 6.53. The maximum absolute atomic E-state index is 12.0. The quantitative estimate of drug-likeness (QED) is 0.271. The number of amides is 1. The van der Waals surface area contributed by atoms with Crippen LogP contribution in [0.4, 0.5) is 11.4 Å². The smallest absolute Gasteiger partial charge is 0.319 e. The number of ether oxygens (including phenoxy) is 1. The highest BCUT2D eigenvalue weighted by Crippen LogP contribution is 2.27. The van der Waals surface area contributed by atoms with Gasteiger partial charge in [0.25, 0.3) is 11.6 Å². The van der Waals surface area contributed by atoms with Crippen molar-refractivity contribution in [3.8, 4) is 0 Å². The predicted octanol–water partition coefficient (Wildman–Crippen LogP) is 4.67. The van der Waals surface area contributed by atoms with E-state index in [2.05, 4.69) is 21.2 Å². The first kappa shape index (κ1) is 21.2. The van der Waals surface area contributed by atoms with E-state index in [1.165, 1.54) is 23.9 Å². The second kappa shape index (κ2) is 9.72. The minimum atomic E-state index is -0.587. The van der Waals surface area contributed by atoms with Crippen LogP contribution in [0.1, 0.15) is 6.92 Å². The summed E-state index contributed by atoms with van der Waals surface area (Å²) in [6.07, 6.45) is 0. The van der Waals surface area contributed by atoms with Gasteiger partial charge in [0, 0.05) is 21.5 Å². The lowest BCUT2D eigenvalue weighted by atomic mass is 10.3. The van der Waals surface area contributed by atoms with Crippen LogP contribution in [-0.2, 0) is 14.3 Å². The van der Waals surface area contributed by atoms with E-state index >= 15 is 0 Å². The number of esters is 1. The van der Waals surface area contributed by atoms with Crippen LogP contribution >= 0.6 is 39.3 Å². The van der Waals surface area contributed by atoms with Gasteiger partial charge in [-0.15, -0.1) is 11.8 Å². The van der Waals surface area contributed by atoms with Gasteiger partial charge in [-0.25, -0.2) is 0 Å². The number of non-ortho nitro benzene ring substituents is 1. The Balaban J connectivity index is 1.83. The Morgan fingerprint density at radius 2 is 1.96 bits per heavy atom. The highest BCUT2D eigenvalue weighted by molar-refractivity contribution is 9.10. The van der Waals surface area contributed by atoms with E-state index in [9.17, 15) is 19.7 Å². The molecule has 0 aliphatic rings. The number of nitrogens with zero attached hydrogens (tertiary/aromatic N) is 1. The van der Waals surface area contributed by atoms with E-state index in [0.29, 0.717) is 15.6 Å². The highest BCUT2D eigenvalue weighted by atomic mass is 79.9. The van der Waals surface area contributed by atoms with Crippen molar-refractivity contribution < 1.29 is 19.2 Å². The summed E-state index contributed by atoms with van der Waals surface area (Å²) >= 11 is 10.5. The van der Waals surface area contributed by atoms with Crippen molar-refractivity contribution in [3.63, 3.8) is 0 Å². The Morgan fingerprint density at radius 3 is 2.56 bits per heavy atom. The molecule has 0 fully saturated rings. The molecule has 0 saturated heterocycles. The Morgan fingerprint density at radius 1 is 1.30 bits per heavy atom. The molecular weight excluding hydrogens is 460 g/mol. The molecule has 0 aliphatic heterocycles. The fraction of sp³-hybridized carbons (Fsp3) is 0.176. The van der Waals surface area contributed by atoms with Crippen molar-refractivity contribution in [1.82, 2.24) is 0 Å². The average molecular weight is 474 g/mol. The molecule has 1 unspecified atom stereocenters. The summed E-state index contributed by atoms with van der Waals surface area (Å²) in [5.74, 6) is -1.09. The van der Waals surface area contributed by atoms with Crippen LogP contribution in [0.15, 0.2) is 51.8 Å². The molecule has 10 heteroatoms. The molecule has 1 N–H and O–H groups in total. The Hall–Kier alpha value is -2.10. The molecule has 2 aromatic carbocycles. The number of anilines is 1. The fourth-order valence-electron chi connectivity index (χ4n) is 1.93. The number of benzene rings is 2. The lowest BCUT2D eigenvalue weighted by Crippen LogP contribution is -2.24. The van der Waals surface area contributed by atoms with Gasteiger partial charge in [-0.3, -0.25) is 19.7 Å². The summed E-state index contributed by atoms with van der Waals surface area (Å²) in [6, 6.07) is 10.8. The van der Waals surface area contributed by atoms with Crippen LogP contribution in [0.5, 0.6) is 0 Å². The zero-order chi connectivity index (χ0) is 20.0. The largest absolute Gasteiger partial charge is 0.455 e. The van der Waals surface area contributed by atoms with Gasteiger partial charge in [-0.1, -0.05) is 27.5 Å². The Kier molecular flexibility index (Phi) is 7.64. The van der Waals surface area contributed by atoms with Gasteiger partial charge in [0.1, 0.15) is 5.25 Å².